The van der Waals surface area contributed by atoms with Gasteiger partial charge in [0.15, 0.2) is 5.69 Å². The Kier molecular flexibility index (Phi) is 4.50. The molecule has 1 aliphatic heterocycles. The minimum atomic E-state index is -4.56. The molecule has 0 unspecified atom stereocenters. The maximum atomic E-state index is 13.7. The zero-order chi connectivity index (χ0) is 20.1. The van der Waals surface area contributed by atoms with Crippen LogP contribution in [-0.2, 0) is 17.5 Å². The van der Waals surface area contributed by atoms with Crippen LogP contribution in [0.3, 0.4) is 0 Å². The van der Waals surface area contributed by atoms with Crippen LogP contribution in [0.25, 0.3) is 21.8 Å². The number of phenols is 1. The summed E-state index contributed by atoms with van der Waals surface area (Å²) in [7, 11) is 0. The maximum absolute atomic E-state index is 13.7. The summed E-state index contributed by atoms with van der Waals surface area (Å²) in [5, 5.41) is 11.1. The largest absolute Gasteiger partial charge is 0.508 e. The summed E-state index contributed by atoms with van der Waals surface area (Å²) in [5.74, 6) is 0.0183. The molecule has 2 aromatic heterocycles. The molecular formula is C20H22F3N3O2. The number of aromatic hydroxyl groups is 1. The van der Waals surface area contributed by atoms with E-state index in [-0.39, 0.29) is 16.8 Å². The van der Waals surface area contributed by atoms with Gasteiger partial charge in [0, 0.05) is 48.2 Å². The van der Waals surface area contributed by atoms with Gasteiger partial charge in [-0.25, -0.2) is 4.98 Å². The molecule has 3 heterocycles. The molecule has 1 aliphatic rings. The number of hydrogen-bond donors (Lipinski definition) is 1. The second-order valence-corrected chi connectivity index (χ2v) is 7.76. The van der Waals surface area contributed by atoms with Crippen molar-refractivity contribution >= 4 is 21.8 Å². The van der Waals surface area contributed by atoms with E-state index in [1.807, 2.05) is 0 Å². The fourth-order valence-corrected chi connectivity index (χ4v) is 4.00. The summed E-state index contributed by atoms with van der Waals surface area (Å²) in [6.07, 6.45) is -3.38. The van der Waals surface area contributed by atoms with Crippen molar-refractivity contribution in [2.24, 2.45) is 0 Å². The Balaban J connectivity index is 1.86. The van der Waals surface area contributed by atoms with E-state index < -0.39 is 11.9 Å². The Bertz CT molecular complexity index is 1030. The fraction of sp³-hybridized carbons (Fsp3) is 0.450. The van der Waals surface area contributed by atoms with Crippen LogP contribution in [0.5, 0.6) is 5.75 Å². The molecule has 4 rings (SSSR count). The number of morpholine rings is 1. The normalized spacial score (nSPS) is 18.2. The third-order valence-corrected chi connectivity index (χ3v) is 5.44. The molecule has 1 N–H and O–H groups in total. The van der Waals surface area contributed by atoms with Crippen molar-refractivity contribution in [2.75, 3.05) is 26.3 Å². The molecule has 3 aromatic rings. The number of aromatic nitrogens is 2. The highest BCUT2D eigenvalue weighted by atomic mass is 19.4. The van der Waals surface area contributed by atoms with Crippen LogP contribution in [0.1, 0.15) is 19.5 Å². The molecule has 150 valence electrons. The minimum absolute atomic E-state index is 0.0183. The average molecular weight is 393 g/mol. The van der Waals surface area contributed by atoms with Crippen LogP contribution in [-0.4, -0.2) is 51.4 Å². The van der Waals surface area contributed by atoms with E-state index >= 15 is 0 Å². The third kappa shape index (κ3) is 3.20. The van der Waals surface area contributed by atoms with Gasteiger partial charge in [-0.15, -0.1) is 0 Å². The molecule has 28 heavy (non-hydrogen) atoms. The van der Waals surface area contributed by atoms with E-state index in [1.54, 1.807) is 16.7 Å². The summed E-state index contributed by atoms with van der Waals surface area (Å²) >= 11 is 0. The Morgan fingerprint density at radius 3 is 2.68 bits per heavy atom. The quantitative estimate of drug-likeness (QED) is 0.730. The summed E-state index contributed by atoms with van der Waals surface area (Å²) in [6.45, 7) is 6.95. The van der Waals surface area contributed by atoms with Gasteiger partial charge in [0.25, 0.3) is 0 Å². The number of halogens is 3. The van der Waals surface area contributed by atoms with Gasteiger partial charge < -0.3 is 14.4 Å². The molecule has 0 atom stereocenters. The molecular weight excluding hydrogens is 371 g/mol. The number of nitrogens with zero attached hydrogens (tertiary/aromatic N) is 3. The lowest BCUT2D eigenvalue weighted by Crippen LogP contribution is -2.53. The highest BCUT2D eigenvalue weighted by Gasteiger charge is 2.37. The molecule has 1 saturated heterocycles. The molecule has 0 amide bonds. The van der Waals surface area contributed by atoms with E-state index in [4.69, 9.17) is 4.74 Å². The summed E-state index contributed by atoms with van der Waals surface area (Å²) < 4.78 is 48.2. The smallest absolute Gasteiger partial charge is 0.435 e. The van der Waals surface area contributed by atoms with Crippen LogP contribution < -0.4 is 0 Å². The van der Waals surface area contributed by atoms with Crippen molar-refractivity contribution < 1.29 is 23.0 Å². The van der Waals surface area contributed by atoms with E-state index in [0.29, 0.717) is 42.6 Å². The van der Waals surface area contributed by atoms with Crippen molar-refractivity contribution in [3.8, 4) is 5.75 Å². The summed E-state index contributed by atoms with van der Waals surface area (Å²) in [5.41, 5.74) is -0.465. The highest BCUT2D eigenvalue weighted by Crippen LogP contribution is 2.38. The Labute approximate surface area is 160 Å². The van der Waals surface area contributed by atoms with Crippen LogP contribution in [0, 0.1) is 0 Å². The second kappa shape index (κ2) is 6.63. The van der Waals surface area contributed by atoms with Gasteiger partial charge in [-0.3, -0.25) is 4.90 Å². The lowest BCUT2D eigenvalue weighted by molar-refractivity contribution is -0.140. The zero-order valence-corrected chi connectivity index (χ0v) is 15.8. The number of alkyl halides is 3. The van der Waals surface area contributed by atoms with Crippen LogP contribution in [0.15, 0.2) is 30.5 Å². The van der Waals surface area contributed by atoms with Gasteiger partial charge >= 0.3 is 6.18 Å². The van der Waals surface area contributed by atoms with Gasteiger partial charge in [-0.05, 0) is 32.0 Å². The minimum Gasteiger partial charge on any atom is -0.508 e. The lowest BCUT2D eigenvalue weighted by Gasteiger charge is -2.42. The van der Waals surface area contributed by atoms with Gasteiger partial charge in [-0.1, -0.05) is 0 Å². The first-order valence-electron chi connectivity index (χ1n) is 9.18. The van der Waals surface area contributed by atoms with Gasteiger partial charge in [0.1, 0.15) is 5.75 Å². The predicted molar refractivity (Wildman–Crippen MR) is 100 cm³/mol. The number of benzene rings is 1. The highest BCUT2D eigenvalue weighted by molar-refractivity contribution is 6.09. The molecule has 1 fully saturated rings. The monoisotopic (exact) mass is 393 g/mol. The molecule has 1 aromatic carbocycles. The van der Waals surface area contributed by atoms with Crippen molar-refractivity contribution in [3.05, 3.63) is 36.2 Å². The molecule has 0 radical (unpaired) electrons. The first kappa shape index (κ1) is 19.0. The van der Waals surface area contributed by atoms with Gasteiger partial charge in [0.2, 0.25) is 0 Å². The summed E-state index contributed by atoms with van der Waals surface area (Å²) in [4.78, 5) is 5.86. The van der Waals surface area contributed by atoms with E-state index in [1.165, 1.54) is 18.3 Å². The van der Waals surface area contributed by atoms with E-state index in [2.05, 4.69) is 23.7 Å². The fourth-order valence-electron chi connectivity index (χ4n) is 4.00. The average Bonchev–Trinajstić information content (AvgIpc) is 2.92. The van der Waals surface area contributed by atoms with Gasteiger partial charge in [-0.2, -0.15) is 13.2 Å². The number of pyridine rings is 1. The van der Waals surface area contributed by atoms with E-state index in [9.17, 15) is 18.3 Å². The molecule has 8 heteroatoms. The molecule has 5 nitrogen and oxygen atoms in total. The molecule has 0 saturated carbocycles. The number of ether oxygens (including phenoxy) is 1. The number of fused-ring (bicyclic) bond motifs is 3. The Morgan fingerprint density at radius 1 is 1.18 bits per heavy atom. The summed E-state index contributed by atoms with van der Waals surface area (Å²) in [6, 6.07) is 6.26. The molecule has 0 bridgehead atoms. The standard InChI is InChI=1S/C20H22F3N3O2/c1-19(2)12-28-10-9-25(19)7-8-26-16-11-13(27)3-4-14(16)15-5-6-24-18(17(15)26)20(21,22)23/h3-6,11,27H,7-10,12H2,1-2H3. The topological polar surface area (TPSA) is 50.5 Å². The van der Waals surface area contributed by atoms with Crippen molar-refractivity contribution in [1.82, 2.24) is 14.5 Å². The van der Waals surface area contributed by atoms with Crippen molar-refractivity contribution in [3.63, 3.8) is 0 Å². The first-order chi connectivity index (χ1) is 13.2. The van der Waals surface area contributed by atoms with E-state index in [0.717, 1.165) is 6.54 Å². The number of phenolic OH excluding ortho intramolecular Hbond substituents is 1. The number of rotatable bonds is 3. The second-order valence-electron chi connectivity index (χ2n) is 7.76. The first-order valence-corrected chi connectivity index (χ1v) is 9.18. The van der Waals surface area contributed by atoms with Crippen LogP contribution >= 0.6 is 0 Å². The Hall–Kier alpha value is -2.32. The lowest BCUT2D eigenvalue weighted by atomic mass is 10.0. The molecule has 0 spiro atoms. The van der Waals surface area contributed by atoms with Crippen molar-refractivity contribution in [2.45, 2.75) is 32.1 Å². The Morgan fingerprint density at radius 2 is 1.96 bits per heavy atom. The third-order valence-electron chi connectivity index (χ3n) is 5.44. The van der Waals surface area contributed by atoms with Gasteiger partial charge in [0.05, 0.1) is 24.2 Å². The van der Waals surface area contributed by atoms with Crippen molar-refractivity contribution in [1.29, 1.82) is 0 Å². The molecule has 0 aliphatic carbocycles. The SMILES string of the molecule is CC1(C)COCCN1CCn1c2cc(O)ccc2c2ccnc(C(F)(F)F)c21. The number of hydrogen-bond acceptors (Lipinski definition) is 4. The predicted octanol–water partition coefficient (Wildman–Crippen LogP) is 4.02. The van der Waals surface area contributed by atoms with Crippen LogP contribution in [0.4, 0.5) is 13.2 Å². The zero-order valence-electron chi connectivity index (χ0n) is 15.8. The van der Waals surface area contributed by atoms with Crippen LogP contribution in [0.2, 0.25) is 0 Å². The maximum Gasteiger partial charge on any atom is 0.435 e.